The van der Waals surface area contributed by atoms with Crippen LogP contribution in [0.5, 0.6) is 0 Å². The third-order valence-electron chi connectivity index (χ3n) is 15.7. The van der Waals surface area contributed by atoms with Crippen LogP contribution in [0.15, 0.2) is 97.2 Å². The number of hydrogen-bond donors (Lipinski definition) is 6. The summed E-state index contributed by atoms with van der Waals surface area (Å²) >= 11 is 0. The summed E-state index contributed by atoms with van der Waals surface area (Å²) in [5.41, 5.74) is 0. The molecule has 0 aliphatic carbocycles. The van der Waals surface area contributed by atoms with Crippen LogP contribution in [0.25, 0.3) is 0 Å². The third kappa shape index (κ3) is 46.8. The van der Waals surface area contributed by atoms with Gasteiger partial charge in [0.05, 0.1) is 25.4 Å². The second-order valence-electron chi connectivity index (χ2n) is 23.5. The first-order valence-electron chi connectivity index (χ1n) is 34.5. The van der Waals surface area contributed by atoms with Crippen molar-refractivity contribution in [3.63, 3.8) is 0 Å². The fourth-order valence-corrected chi connectivity index (χ4v) is 10.3. The van der Waals surface area contributed by atoms with Crippen molar-refractivity contribution < 1.29 is 49.3 Å². The van der Waals surface area contributed by atoms with Crippen LogP contribution >= 0.6 is 0 Å². The first-order valence-corrected chi connectivity index (χ1v) is 34.5. The maximum absolute atomic E-state index is 13.4. The number of nitrogens with one attached hydrogen (secondary N) is 1. The van der Waals surface area contributed by atoms with Gasteiger partial charge in [-0.2, -0.15) is 0 Å². The number of rotatable bonds is 58. The van der Waals surface area contributed by atoms with Crippen LogP contribution in [0.1, 0.15) is 290 Å². The molecule has 1 heterocycles. The zero-order chi connectivity index (χ0) is 61.0. The summed E-state index contributed by atoms with van der Waals surface area (Å²) in [6, 6.07) is -1.07. The largest absolute Gasteiger partial charge is 0.454 e. The lowest BCUT2D eigenvalue weighted by Crippen LogP contribution is -2.61. The molecule has 1 amide bonds. The fourth-order valence-electron chi connectivity index (χ4n) is 10.3. The van der Waals surface area contributed by atoms with Crippen molar-refractivity contribution in [1.82, 2.24) is 5.32 Å². The van der Waals surface area contributed by atoms with Crippen LogP contribution in [0, 0.1) is 0 Å². The molecule has 1 rings (SSSR count). The van der Waals surface area contributed by atoms with E-state index in [0.29, 0.717) is 12.8 Å². The van der Waals surface area contributed by atoms with Crippen LogP contribution in [0.4, 0.5) is 0 Å². The number of esters is 1. The van der Waals surface area contributed by atoms with Gasteiger partial charge in [0.25, 0.3) is 0 Å². The van der Waals surface area contributed by atoms with E-state index >= 15 is 0 Å². The molecule has 84 heavy (non-hydrogen) atoms. The van der Waals surface area contributed by atoms with Gasteiger partial charge >= 0.3 is 5.97 Å². The smallest absolute Gasteiger partial charge is 0.306 e. The molecule has 0 bridgehead atoms. The SMILES string of the molecule is CC/C=C\C/C=C\C/C=C\C/C=C\C/C=C\C/C=C\CC(O)C(=O)NC(COC1OC(CO)C(O)C(O)C1OC(=O)CCCCCCCCCCCCCCCCC/C=C/CCCCCCCC)C(O)/C=C/CCCCCCCCCCCC. The molecule has 0 saturated carbocycles. The quantitative estimate of drug-likeness (QED) is 0.0195. The Kier molecular flexibility index (Phi) is 56.0. The Hall–Kier alpha value is -3.42. The summed E-state index contributed by atoms with van der Waals surface area (Å²) in [6.07, 6.45) is 70.5. The van der Waals surface area contributed by atoms with Gasteiger partial charge in [0, 0.05) is 12.8 Å². The van der Waals surface area contributed by atoms with E-state index in [1.165, 1.54) is 167 Å². The maximum Gasteiger partial charge on any atom is 0.306 e. The summed E-state index contributed by atoms with van der Waals surface area (Å²) < 4.78 is 17.6. The van der Waals surface area contributed by atoms with Gasteiger partial charge in [-0.05, 0) is 83.5 Å². The monoisotopic (exact) mass is 1180 g/mol. The average molecular weight is 1180 g/mol. The van der Waals surface area contributed by atoms with Gasteiger partial charge in [0.2, 0.25) is 5.91 Å². The van der Waals surface area contributed by atoms with Gasteiger partial charge in [-0.3, -0.25) is 9.59 Å². The number of hydrogen-bond acceptors (Lipinski definition) is 10. The molecular weight excluding hydrogens is 1050 g/mol. The minimum atomic E-state index is -1.63. The van der Waals surface area contributed by atoms with Gasteiger partial charge in [0.15, 0.2) is 12.4 Å². The Balaban J connectivity index is 2.62. The van der Waals surface area contributed by atoms with E-state index in [-0.39, 0.29) is 19.4 Å². The number of ether oxygens (including phenoxy) is 3. The van der Waals surface area contributed by atoms with Crippen molar-refractivity contribution in [2.24, 2.45) is 0 Å². The van der Waals surface area contributed by atoms with Crippen LogP contribution in [-0.4, -0.2) is 99.6 Å². The molecule has 484 valence electrons. The molecule has 1 fully saturated rings. The van der Waals surface area contributed by atoms with Gasteiger partial charge in [-0.15, -0.1) is 0 Å². The average Bonchev–Trinajstić information content (AvgIpc) is 3.67. The molecule has 8 unspecified atom stereocenters. The van der Waals surface area contributed by atoms with E-state index in [2.05, 4.69) is 92.9 Å². The summed E-state index contributed by atoms with van der Waals surface area (Å²) in [5, 5.41) is 57.0. The van der Waals surface area contributed by atoms with Crippen molar-refractivity contribution in [3.8, 4) is 0 Å². The van der Waals surface area contributed by atoms with Crippen molar-refractivity contribution in [1.29, 1.82) is 0 Å². The number of unbranched alkanes of at least 4 members (excludes halogenated alkanes) is 31. The number of amides is 1. The van der Waals surface area contributed by atoms with Gasteiger partial charge < -0.3 is 45.1 Å². The molecule has 0 spiro atoms. The van der Waals surface area contributed by atoms with Crippen molar-refractivity contribution in [2.75, 3.05) is 13.2 Å². The van der Waals surface area contributed by atoms with Crippen molar-refractivity contribution >= 4 is 11.9 Å². The van der Waals surface area contributed by atoms with E-state index in [4.69, 9.17) is 14.2 Å². The number of carbonyl (C=O) groups excluding carboxylic acids is 2. The summed E-state index contributed by atoms with van der Waals surface area (Å²) in [5.74, 6) is -1.28. The molecule has 1 saturated heterocycles. The highest BCUT2D eigenvalue weighted by atomic mass is 16.7. The van der Waals surface area contributed by atoms with Crippen LogP contribution in [0.2, 0.25) is 0 Å². The molecular formula is C73H127NO10. The molecule has 0 aromatic carbocycles. The van der Waals surface area contributed by atoms with Crippen molar-refractivity contribution in [3.05, 3.63) is 97.2 Å². The minimum Gasteiger partial charge on any atom is -0.454 e. The molecule has 11 heteroatoms. The molecule has 1 aliphatic rings. The zero-order valence-corrected chi connectivity index (χ0v) is 53.7. The Morgan fingerprint density at radius 3 is 1.27 bits per heavy atom. The van der Waals surface area contributed by atoms with Crippen LogP contribution in [0.3, 0.4) is 0 Å². The zero-order valence-electron chi connectivity index (χ0n) is 53.7. The lowest BCUT2D eigenvalue weighted by Gasteiger charge is -2.41. The Bertz CT molecular complexity index is 1740. The summed E-state index contributed by atoms with van der Waals surface area (Å²) in [6.45, 7) is 5.64. The Morgan fingerprint density at radius 1 is 0.476 bits per heavy atom. The number of aliphatic hydroxyl groups excluding tert-OH is 5. The lowest BCUT2D eigenvalue weighted by atomic mass is 9.99. The standard InChI is InChI=1S/C73H127NO10/c1-4-7-10-13-16-19-22-25-27-29-31-32-33-34-35-36-37-39-41-43-46-49-52-55-58-61-68(78)84-71-70(80)69(79)67(62-75)83-73(71)82-63-64(65(76)59-56-53-50-47-44-24-21-18-15-12-9-6-3)74-72(81)66(77)60-57-54-51-48-45-42-40-38-30-28-26-23-20-17-14-11-8-5-2/h8,11,17,20,25-28,38,40,45,48,54,56-57,59,64-67,69-71,73,75-77,79-80H,4-7,9-10,12-16,18-19,21-24,29-37,39,41-44,46-47,49-53,55,58,60-63H2,1-3H3,(H,74,81)/b11-8-,20-17-,27-25+,28-26-,40-38-,48-45-,57-54-,59-56+. The minimum absolute atomic E-state index is 0.0549. The predicted octanol–water partition coefficient (Wildman–Crippen LogP) is 17.5. The highest BCUT2D eigenvalue weighted by molar-refractivity contribution is 5.81. The summed E-state index contributed by atoms with van der Waals surface area (Å²) in [7, 11) is 0. The molecule has 0 radical (unpaired) electrons. The second kappa shape index (κ2) is 59.9. The number of aliphatic hydroxyl groups is 5. The van der Waals surface area contributed by atoms with E-state index in [9.17, 15) is 35.1 Å². The van der Waals surface area contributed by atoms with Crippen molar-refractivity contribution in [2.45, 2.75) is 339 Å². The molecule has 11 nitrogen and oxygen atoms in total. The van der Waals surface area contributed by atoms with Gasteiger partial charge in [-0.1, -0.05) is 291 Å². The highest BCUT2D eigenvalue weighted by Crippen LogP contribution is 2.26. The fraction of sp³-hybridized carbons (Fsp3) is 0.753. The Morgan fingerprint density at radius 2 is 0.857 bits per heavy atom. The molecule has 0 aromatic heterocycles. The third-order valence-corrected chi connectivity index (χ3v) is 15.7. The van der Waals surface area contributed by atoms with E-state index < -0.39 is 67.4 Å². The number of carbonyl (C=O) groups is 2. The van der Waals surface area contributed by atoms with Crippen LogP contribution < -0.4 is 5.32 Å². The highest BCUT2D eigenvalue weighted by Gasteiger charge is 2.47. The van der Waals surface area contributed by atoms with E-state index in [0.717, 1.165) is 77.0 Å². The predicted molar refractivity (Wildman–Crippen MR) is 352 cm³/mol. The molecule has 0 aromatic rings. The lowest BCUT2D eigenvalue weighted by molar-refractivity contribution is -0.305. The second-order valence-corrected chi connectivity index (χ2v) is 23.5. The number of allylic oxidation sites excluding steroid dienone is 14. The van der Waals surface area contributed by atoms with Crippen LogP contribution in [-0.2, 0) is 23.8 Å². The van der Waals surface area contributed by atoms with Gasteiger partial charge in [0.1, 0.15) is 24.4 Å². The van der Waals surface area contributed by atoms with Gasteiger partial charge in [-0.25, -0.2) is 0 Å². The maximum atomic E-state index is 13.4. The van der Waals surface area contributed by atoms with E-state index in [1.807, 2.05) is 18.2 Å². The first kappa shape index (κ1) is 78.6. The van der Waals surface area contributed by atoms with E-state index in [1.54, 1.807) is 12.2 Å². The molecule has 8 atom stereocenters. The first-order chi connectivity index (χ1) is 41.2. The normalized spacial score (nSPS) is 19.1. The molecule has 6 N–H and O–H groups in total. The Labute approximate surface area is 514 Å². The topological polar surface area (TPSA) is 175 Å². The summed E-state index contributed by atoms with van der Waals surface area (Å²) in [4.78, 5) is 26.6. The molecule has 1 aliphatic heterocycles.